The number of anilines is 1. The zero-order valence-electron chi connectivity index (χ0n) is 17.6. The Balaban J connectivity index is 0.00000363. The number of hydrogen-bond acceptors (Lipinski definition) is 14. The summed E-state index contributed by atoms with van der Waals surface area (Å²) in [5.74, 6) is -1.81. The molecule has 1 saturated heterocycles. The number of nitrogens with zero attached hydrogens (tertiary/aromatic N) is 4. The molecule has 0 aliphatic carbocycles. The second kappa shape index (κ2) is 12.4. The molecule has 0 spiro atoms. The number of aliphatic hydroxyl groups excluding tert-OH is 2. The number of imidazole rings is 1. The van der Waals surface area contributed by atoms with Gasteiger partial charge in [0.2, 0.25) is 0 Å². The number of ether oxygens (including phenoxy) is 1. The van der Waals surface area contributed by atoms with Gasteiger partial charge in [-0.05, 0) is 0 Å². The molecule has 1 aliphatic heterocycles. The fourth-order valence-electron chi connectivity index (χ4n) is 2.78. The van der Waals surface area contributed by atoms with Gasteiger partial charge >= 0.3 is 45.5 Å². The molecule has 23 heteroatoms. The van der Waals surface area contributed by atoms with E-state index in [1.54, 1.807) is 0 Å². The topological polar surface area (TPSA) is 307 Å². The van der Waals surface area contributed by atoms with Crippen LogP contribution in [-0.2, 0) is 27.3 Å². The second-order valence-electron chi connectivity index (χ2n) is 6.36. The Hall–Kier alpha value is -0.165. The van der Waals surface area contributed by atoms with Gasteiger partial charge in [0.05, 0.1) is 18.8 Å². The molecule has 8 N–H and O–H groups in total. The molecule has 2 aromatic rings. The number of phosphoric acid groups is 1. The Morgan fingerprint density at radius 3 is 2.29 bits per heavy atom. The third-order valence-electron chi connectivity index (χ3n) is 4.01. The average Bonchev–Trinajstić information content (AvgIpc) is 3.13. The van der Waals surface area contributed by atoms with E-state index >= 15 is 0 Å². The maximum atomic E-state index is 11.9. The number of aliphatic hydroxyl groups is 2. The molecule has 0 saturated carbocycles. The number of fused-ring (bicyclic) bond motifs is 1. The molecule has 34 heavy (non-hydrogen) atoms. The summed E-state index contributed by atoms with van der Waals surface area (Å²) in [4.78, 5) is 52.0. The van der Waals surface area contributed by atoms with Crippen LogP contribution in [0.15, 0.2) is 12.7 Å². The van der Waals surface area contributed by atoms with Crippen LogP contribution >= 0.6 is 23.0 Å². The SMILES string of the molecule is Nc1ncnc2c1ncn2[C@@H]1O[C@H](COP(=O)([O-])CP(=O)([O-])OP(=O)(O)O)[C@@H](O)[C@H]1O.O.[Li+].[Li+]. The summed E-state index contributed by atoms with van der Waals surface area (Å²) in [6, 6.07) is 0. The minimum atomic E-state index is -5.51. The van der Waals surface area contributed by atoms with Gasteiger partial charge in [-0.3, -0.25) is 4.57 Å². The first-order chi connectivity index (χ1) is 14.2. The van der Waals surface area contributed by atoms with Crippen LogP contribution in [0.2, 0.25) is 0 Å². The van der Waals surface area contributed by atoms with Crippen LogP contribution in [0.3, 0.4) is 0 Å². The predicted octanol–water partition coefficient (Wildman–Crippen LogP) is -9.60. The van der Waals surface area contributed by atoms with E-state index in [1.165, 1.54) is 10.9 Å². The zero-order chi connectivity index (χ0) is 23.2. The van der Waals surface area contributed by atoms with Gasteiger partial charge in [-0.2, -0.15) is 0 Å². The summed E-state index contributed by atoms with van der Waals surface area (Å²) < 4.78 is 48.5. The summed E-state index contributed by atoms with van der Waals surface area (Å²) in [5.41, 5.74) is 6.01. The van der Waals surface area contributed by atoms with E-state index in [1.807, 2.05) is 0 Å². The van der Waals surface area contributed by atoms with Crippen molar-refractivity contribution in [3.8, 4) is 0 Å². The van der Waals surface area contributed by atoms with Gasteiger partial charge in [0.1, 0.15) is 37.8 Å². The van der Waals surface area contributed by atoms with E-state index in [9.17, 15) is 33.7 Å². The molecule has 0 aromatic carbocycles. The Morgan fingerprint density at radius 2 is 1.71 bits per heavy atom. The van der Waals surface area contributed by atoms with E-state index in [0.717, 1.165) is 6.33 Å². The second-order valence-corrected chi connectivity index (χ2v) is 11.8. The predicted molar refractivity (Wildman–Crippen MR) is 98.4 cm³/mol. The van der Waals surface area contributed by atoms with Crippen molar-refractivity contribution in [2.24, 2.45) is 0 Å². The minimum absolute atomic E-state index is 0. The number of rotatable bonds is 8. The van der Waals surface area contributed by atoms with Crippen molar-refractivity contribution >= 4 is 40.0 Å². The molecule has 18 nitrogen and oxygen atoms in total. The summed E-state index contributed by atoms with van der Waals surface area (Å²) in [6.07, 6.45) is -3.64. The van der Waals surface area contributed by atoms with Crippen LogP contribution in [-0.4, -0.2) is 75.8 Å². The first kappa shape index (κ1) is 33.8. The third kappa shape index (κ3) is 8.18. The molecule has 1 aliphatic rings. The molecule has 0 amide bonds. The van der Waals surface area contributed by atoms with E-state index in [4.69, 9.17) is 20.3 Å². The number of nitrogens with two attached hydrogens (primary N) is 1. The van der Waals surface area contributed by atoms with Crippen LogP contribution in [0.25, 0.3) is 11.2 Å². The fourth-order valence-corrected chi connectivity index (χ4v) is 7.15. The molecule has 1 fully saturated rings. The van der Waals surface area contributed by atoms with Gasteiger partial charge in [-0.15, -0.1) is 0 Å². The largest absolute Gasteiger partial charge is 1.00 e. The van der Waals surface area contributed by atoms with E-state index < -0.39 is 60.1 Å². The maximum absolute atomic E-state index is 11.9. The van der Waals surface area contributed by atoms with E-state index in [2.05, 4.69) is 23.8 Å². The molecule has 182 valence electrons. The molecule has 3 heterocycles. The van der Waals surface area contributed by atoms with Gasteiger partial charge in [0, 0.05) is 0 Å². The minimum Gasteiger partial charge on any atom is -0.778 e. The van der Waals surface area contributed by atoms with Crippen molar-refractivity contribution in [1.29, 1.82) is 0 Å². The molecule has 3 rings (SSSR count). The first-order valence-corrected chi connectivity index (χ1v) is 13.1. The van der Waals surface area contributed by atoms with Crippen molar-refractivity contribution in [2.75, 3.05) is 18.2 Å². The van der Waals surface area contributed by atoms with Crippen LogP contribution in [0.1, 0.15) is 6.23 Å². The van der Waals surface area contributed by atoms with Gasteiger partial charge < -0.3 is 59.4 Å². The van der Waals surface area contributed by atoms with E-state index in [0.29, 0.717) is 0 Å². The number of nitrogen functional groups attached to an aromatic ring is 1. The molecule has 6 atom stereocenters. The van der Waals surface area contributed by atoms with Gasteiger partial charge in [0.25, 0.3) is 0 Å². The number of hydrogen-bond donors (Lipinski definition) is 5. The average molecular weight is 535 g/mol. The normalized spacial score (nSPS) is 25.9. The van der Waals surface area contributed by atoms with Crippen molar-refractivity contribution in [1.82, 2.24) is 19.5 Å². The molecule has 0 bridgehead atoms. The van der Waals surface area contributed by atoms with Crippen molar-refractivity contribution in [3.63, 3.8) is 0 Å². The monoisotopic (exact) mass is 535 g/mol. The molecule has 2 unspecified atom stereocenters. The third-order valence-corrected chi connectivity index (χ3v) is 9.17. The maximum Gasteiger partial charge on any atom is 1.00 e. The molecular weight excluding hydrogens is 517 g/mol. The molecule has 2 aromatic heterocycles. The summed E-state index contributed by atoms with van der Waals surface area (Å²) in [7, 11) is -16.3. The first-order valence-electron chi connectivity index (χ1n) is 8.15. The van der Waals surface area contributed by atoms with Crippen LogP contribution in [0.4, 0.5) is 5.82 Å². The van der Waals surface area contributed by atoms with Gasteiger partial charge in [-0.25, -0.2) is 23.8 Å². The smallest absolute Gasteiger partial charge is 0.778 e. The molecular formula is C11H18Li2N5O13P3. The van der Waals surface area contributed by atoms with Crippen molar-refractivity contribution in [2.45, 2.75) is 24.5 Å². The van der Waals surface area contributed by atoms with Gasteiger partial charge in [0.15, 0.2) is 25.3 Å². The Bertz CT molecular complexity index is 1120. The Morgan fingerprint density at radius 1 is 1.09 bits per heavy atom. The van der Waals surface area contributed by atoms with Crippen molar-refractivity contribution in [3.05, 3.63) is 12.7 Å². The standard InChI is InChI=1S/C11H18N5O12P3.2Li.H2O/c12-9-6-10(14-2-13-9)16(3-15-6)11-8(18)7(17)5(27-11)1-26-29(19,20)4-30(21,22)28-31(23,24)25;;;/h2-3,5,7-8,11,17-18H,1,4H2,(H,19,20)(H,21,22)(H2,12,13,14)(H2,23,24,25);;;1H2/q;2*+1;/p-2/t5-,7-,8-,11-;;;/m1.../s1. The summed E-state index contributed by atoms with van der Waals surface area (Å²) in [6.45, 7) is -0.921. The Kier molecular flexibility index (Phi) is 12.3. The fraction of sp³-hybridized carbons (Fsp3) is 0.545. The van der Waals surface area contributed by atoms with Crippen LogP contribution < -0.4 is 53.2 Å². The quantitative estimate of drug-likeness (QED) is 0.155. The van der Waals surface area contributed by atoms with Crippen molar-refractivity contribution < 1.29 is 100 Å². The van der Waals surface area contributed by atoms with E-state index in [-0.39, 0.29) is 60.2 Å². The van der Waals surface area contributed by atoms with Crippen LogP contribution in [0.5, 0.6) is 0 Å². The van der Waals surface area contributed by atoms with Crippen LogP contribution in [0, 0.1) is 0 Å². The summed E-state index contributed by atoms with van der Waals surface area (Å²) in [5, 5.41) is 20.4. The Labute approximate surface area is 214 Å². The number of aromatic nitrogens is 4. The zero-order valence-corrected chi connectivity index (χ0v) is 20.3. The summed E-state index contributed by atoms with van der Waals surface area (Å²) >= 11 is 0. The molecule has 0 radical (unpaired) electrons. The van der Waals surface area contributed by atoms with Gasteiger partial charge in [-0.1, -0.05) is 0 Å².